The first-order valence-corrected chi connectivity index (χ1v) is 7.77. The number of likely N-dealkylation sites (tertiary alicyclic amines) is 1. The van der Waals surface area contributed by atoms with Gasteiger partial charge in [0.1, 0.15) is 5.75 Å². The average Bonchev–Trinajstić information content (AvgIpc) is 2.50. The van der Waals surface area contributed by atoms with Gasteiger partial charge in [0.2, 0.25) is 0 Å². The number of carboxylic acids is 1. The largest absolute Gasteiger partial charge is 0.493 e. The van der Waals surface area contributed by atoms with E-state index in [0.717, 1.165) is 25.9 Å². The van der Waals surface area contributed by atoms with E-state index in [1.807, 2.05) is 6.92 Å². The molecule has 0 saturated carbocycles. The van der Waals surface area contributed by atoms with Gasteiger partial charge in [0.05, 0.1) is 24.3 Å². The Labute approximate surface area is 130 Å². The summed E-state index contributed by atoms with van der Waals surface area (Å²) in [6.45, 7) is 6.64. The van der Waals surface area contributed by atoms with Gasteiger partial charge in [-0.1, -0.05) is 6.92 Å². The third-order valence-electron chi connectivity index (χ3n) is 4.07. The van der Waals surface area contributed by atoms with E-state index in [1.165, 1.54) is 12.1 Å². The zero-order valence-corrected chi connectivity index (χ0v) is 13.2. The number of ether oxygens (including phenoxy) is 1. The van der Waals surface area contributed by atoms with Gasteiger partial charge in [0, 0.05) is 0 Å². The predicted octanol–water partition coefficient (Wildman–Crippen LogP) is 2.70. The summed E-state index contributed by atoms with van der Waals surface area (Å²) in [7, 11) is 0. The molecule has 120 valence electrons. The van der Waals surface area contributed by atoms with Crippen molar-refractivity contribution < 1.29 is 19.4 Å². The van der Waals surface area contributed by atoms with E-state index < -0.39 is 5.97 Å². The number of carbonyl (C=O) groups is 2. The topological polar surface area (TPSA) is 66.8 Å². The molecule has 1 aromatic rings. The second kappa shape index (κ2) is 7.40. The molecule has 5 nitrogen and oxygen atoms in total. The molecule has 1 aliphatic rings. The number of aromatic carboxylic acids is 1. The Morgan fingerprint density at radius 3 is 2.59 bits per heavy atom. The van der Waals surface area contributed by atoms with Gasteiger partial charge in [0.15, 0.2) is 5.78 Å². The van der Waals surface area contributed by atoms with Crippen LogP contribution in [0.25, 0.3) is 0 Å². The highest BCUT2D eigenvalue weighted by atomic mass is 16.5. The lowest BCUT2D eigenvalue weighted by Gasteiger charge is -2.29. The Morgan fingerprint density at radius 1 is 1.32 bits per heavy atom. The molecule has 0 bridgehead atoms. The van der Waals surface area contributed by atoms with Crippen LogP contribution in [-0.2, 0) is 0 Å². The molecule has 0 radical (unpaired) electrons. The first-order valence-electron chi connectivity index (χ1n) is 7.77. The van der Waals surface area contributed by atoms with Crippen LogP contribution in [0.1, 0.15) is 47.4 Å². The normalized spacial score (nSPS) is 16.5. The number of benzene rings is 1. The fraction of sp³-hybridized carbons (Fsp3) is 0.529. The summed E-state index contributed by atoms with van der Waals surface area (Å²) < 4.78 is 5.47. The lowest BCUT2D eigenvalue weighted by atomic mass is 9.98. The van der Waals surface area contributed by atoms with Gasteiger partial charge in [0.25, 0.3) is 0 Å². The summed E-state index contributed by atoms with van der Waals surface area (Å²) in [6.07, 6.45) is 2.20. The molecule has 1 aromatic carbocycles. The Kier molecular flexibility index (Phi) is 5.55. The van der Waals surface area contributed by atoms with Crippen molar-refractivity contribution in [3.8, 4) is 5.75 Å². The minimum atomic E-state index is -1.04. The highest BCUT2D eigenvalue weighted by Crippen LogP contribution is 2.23. The molecular formula is C17H23NO4. The van der Waals surface area contributed by atoms with Gasteiger partial charge < -0.3 is 9.84 Å². The number of ketones is 1. The van der Waals surface area contributed by atoms with E-state index >= 15 is 0 Å². The molecule has 0 amide bonds. The van der Waals surface area contributed by atoms with Crippen LogP contribution in [0.5, 0.6) is 5.75 Å². The standard InChI is InChI=1S/C17H23NO4/c1-3-22-16-5-4-13(17(20)21)10-14(16)15(19)11-18-8-6-12(2)7-9-18/h4-5,10,12H,3,6-9,11H2,1-2H3,(H,20,21). The summed E-state index contributed by atoms with van der Waals surface area (Å²) in [4.78, 5) is 25.8. The second-order valence-corrected chi connectivity index (χ2v) is 5.83. The van der Waals surface area contributed by atoms with Crippen LogP contribution in [-0.4, -0.2) is 48.0 Å². The molecule has 0 atom stereocenters. The lowest BCUT2D eigenvalue weighted by Crippen LogP contribution is -2.36. The van der Waals surface area contributed by atoms with Crippen molar-refractivity contribution in [1.29, 1.82) is 0 Å². The summed E-state index contributed by atoms with van der Waals surface area (Å²) in [5, 5.41) is 9.10. The van der Waals surface area contributed by atoms with Gasteiger partial charge in [-0.25, -0.2) is 4.79 Å². The van der Waals surface area contributed by atoms with Crippen molar-refractivity contribution in [1.82, 2.24) is 4.90 Å². The molecule has 0 spiro atoms. The fourth-order valence-corrected chi connectivity index (χ4v) is 2.67. The maximum atomic E-state index is 12.6. The Hall–Kier alpha value is -1.88. The molecule has 0 aliphatic carbocycles. The summed E-state index contributed by atoms with van der Waals surface area (Å²) >= 11 is 0. The molecule has 1 aliphatic heterocycles. The maximum absolute atomic E-state index is 12.6. The van der Waals surface area contributed by atoms with Crippen LogP contribution in [0, 0.1) is 5.92 Å². The highest BCUT2D eigenvalue weighted by Gasteiger charge is 2.21. The zero-order valence-electron chi connectivity index (χ0n) is 13.2. The van der Waals surface area contributed by atoms with Gasteiger partial charge in [-0.3, -0.25) is 9.69 Å². The molecule has 2 rings (SSSR count). The number of hydrogen-bond donors (Lipinski definition) is 1. The van der Waals surface area contributed by atoms with Crippen LogP contribution < -0.4 is 4.74 Å². The number of nitrogens with zero attached hydrogens (tertiary/aromatic N) is 1. The van der Waals surface area contributed by atoms with E-state index in [4.69, 9.17) is 9.84 Å². The maximum Gasteiger partial charge on any atom is 0.335 e. The minimum Gasteiger partial charge on any atom is -0.493 e. The number of rotatable bonds is 6. The Balaban J connectivity index is 2.15. The van der Waals surface area contributed by atoms with Gasteiger partial charge in [-0.2, -0.15) is 0 Å². The summed E-state index contributed by atoms with van der Waals surface area (Å²) in [5.74, 6) is 0.0496. The molecule has 0 unspecified atom stereocenters. The lowest BCUT2D eigenvalue weighted by molar-refractivity contribution is 0.0697. The number of piperidine rings is 1. The minimum absolute atomic E-state index is 0.0823. The van der Waals surface area contributed by atoms with Crippen LogP contribution in [0.3, 0.4) is 0 Å². The zero-order chi connectivity index (χ0) is 16.1. The fourth-order valence-electron chi connectivity index (χ4n) is 2.67. The van der Waals surface area contributed by atoms with Crippen molar-refractivity contribution in [2.45, 2.75) is 26.7 Å². The molecule has 5 heteroatoms. The van der Waals surface area contributed by atoms with E-state index in [9.17, 15) is 9.59 Å². The van der Waals surface area contributed by atoms with Crippen LogP contribution in [0.15, 0.2) is 18.2 Å². The van der Waals surface area contributed by atoms with Crippen molar-refractivity contribution in [2.75, 3.05) is 26.2 Å². The van der Waals surface area contributed by atoms with E-state index in [-0.39, 0.29) is 11.3 Å². The summed E-state index contributed by atoms with van der Waals surface area (Å²) in [5.41, 5.74) is 0.472. The average molecular weight is 305 g/mol. The number of hydrogen-bond acceptors (Lipinski definition) is 4. The molecular weight excluding hydrogens is 282 g/mol. The molecule has 1 heterocycles. The quantitative estimate of drug-likeness (QED) is 0.819. The number of Topliss-reactive ketones (excluding diaryl/α,β-unsaturated/α-hetero) is 1. The summed E-state index contributed by atoms with van der Waals surface area (Å²) in [6, 6.07) is 4.45. The number of carbonyl (C=O) groups excluding carboxylic acids is 1. The Bertz CT molecular complexity index is 548. The van der Waals surface area contributed by atoms with Crippen molar-refractivity contribution in [3.05, 3.63) is 29.3 Å². The van der Waals surface area contributed by atoms with E-state index in [2.05, 4.69) is 11.8 Å². The molecule has 0 aromatic heterocycles. The smallest absolute Gasteiger partial charge is 0.335 e. The first kappa shape index (κ1) is 16.5. The van der Waals surface area contributed by atoms with E-state index in [0.29, 0.717) is 30.4 Å². The van der Waals surface area contributed by atoms with Gasteiger partial charge in [-0.15, -0.1) is 0 Å². The molecule has 1 fully saturated rings. The monoisotopic (exact) mass is 305 g/mol. The third-order valence-corrected chi connectivity index (χ3v) is 4.07. The highest BCUT2D eigenvalue weighted by molar-refractivity contribution is 6.02. The van der Waals surface area contributed by atoms with Gasteiger partial charge >= 0.3 is 5.97 Å². The number of carboxylic acid groups (broad SMARTS) is 1. The second-order valence-electron chi connectivity index (χ2n) is 5.83. The Morgan fingerprint density at radius 2 is 2.00 bits per heavy atom. The molecule has 1 saturated heterocycles. The van der Waals surface area contributed by atoms with Crippen LogP contribution in [0.2, 0.25) is 0 Å². The van der Waals surface area contributed by atoms with Crippen molar-refractivity contribution in [2.24, 2.45) is 5.92 Å². The van der Waals surface area contributed by atoms with E-state index in [1.54, 1.807) is 6.07 Å². The van der Waals surface area contributed by atoms with Crippen LogP contribution in [0.4, 0.5) is 0 Å². The van der Waals surface area contributed by atoms with Crippen molar-refractivity contribution in [3.63, 3.8) is 0 Å². The molecule has 1 N–H and O–H groups in total. The molecule has 22 heavy (non-hydrogen) atoms. The van der Waals surface area contributed by atoms with Crippen molar-refractivity contribution >= 4 is 11.8 Å². The third kappa shape index (κ3) is 4.07. The predicted molar refractivity (Wildman–Crippen MR) is 83.7 cm³/mol. The van der Waals surface area contributed by atoms with Crippen LogP contribution >= 0.6 is 0 Å². The SMILES string of the molecule is CCOc1ccc(C(=O)O)cc1C(=O)CN1CCC(C)CC1. The first-order chi connectivity index (χ1) is 10.5. The van der Waals surface area contributed by atoms with Gasteiger partial charge in [-0.05, 0) is 57.0 Å².